The number of carbonyl (C=O) groups is 1. The number of amides is 1. The summed E-state index contributed by atoms with van der Waals surface area (Å²) in [4.78, 5) is 18.1. The lowest BCUT2D eigenvalue weighted by Crippen LogP contribution is -2.35. The Morgan fingerprint density at radius 2 is 1.93 bits per heavy atom. The van der Waals surface area contributed by atoms with Crippen LogP contribution in [0.15, 0.2) is 54.7 Å². The predicted molar refractivity (Wildman–Crippen MR) is 112 cm³/mol. The van der Waals surface area contributed by atoms with Crippen molar-refractivity contribution in [3.8, 4) is 5.75 Å². The third-order valence-electron chi connectivity index (χ3n) is 4.77. The smallest absolute Gasteiger partial charge is 0.259 e. The second kappa shape index (κ2) is 9.39. The van der Waals surface area contributed by atoms with Gasteiger partial charge in [0, 0.05) is 23.6 Å². The maximum Gasteiger partial charge on any atom is 0.259 e. The van der Waals surface area contributed by atoms with Gasteiger partial charge in [-0.15, -0.1) is 0 Å². The Bertz CT molecular complexity index is 918. The van der Waals surface area contributed by atoms with Crippen molar-refractivity contribution >= 4 is 22.5 Å². The van der Waals surface area contributed by atoms with Crippen molar-refractivity contribution in [1.29, 1.82) is 0 Å². The highest BCUT2D eigenvalue weighted by atomic mass is 16.5. The molecule has 0 saturated heterocycles. The van der Waals surface area contributed by atoms with E-state index in [-0.39, 0.29) is 12.5 Å². The van der Waals surface area contributed by atoms with E-state index in [0.717, 1.165) is 29.7 Å². The largest absolute Gasteiger partial charge is 0.490 e. The van der Waals surface area contributed by atoms with Crippen molar-refractivity contribution in [2.45, 2.75) is 20.0 Å². The van der Waals surface area contributed by atoms with Crippen molar-refractivity contribution in [2.75, 3.05) is 31.6 Å². The summed E-state index contributed by atoms with van der Waals surface area (Å²) in [6.07, 6.45) is 1.22. The molecule has 0 fully saturated rings. The van der Waals surface area contributed by atoms with Gasteiger partial charge < -0.3 is 25.0 Å². The number of hydrogen-bond donors (Lipinski definition) is 3. The number of hydrogen-bond acceptors (Lipinski definition) is 4. The zero-order valence-corrected chi connectivity index (χ0v) is 16.3. The first-order chi connectivity index (χ1) is 13.6. The highest BCUT2D eigenvalue weighted by Gasteiger charge is 2.16. The molecule has 0 saturated carbocycles. The number of likely N-dealkylation sites (N-methyl/N-ethyl adjacent to an activating group) is 1. The van der Waals surface area contributed by atoms with E-state index in [1.807, 2.05) is 36.5 Å². The second-order valence-corrected chi connectivity index (χ2v) is 6.65. The van der Waals surface area contributed by atoms with E-state index < -0.39 is 6.10 Å². The number of para-hydroxylation sites is 1. The number of anilines is 1. The fraction of sp³-hybridized carbons (Fsp3) is 0.318. The lowest BCUT2D eigenvalue weighted by Gasteiger charge is -2.22. The highest BCUT2D eigenvalue weighted by Crippen LogP contribution is 2.25. The lowest BCUT2D eigenvalue weighted by atomic mass is 10.1. The fourth-order valence-corrected chi connectivity index (χ4v) is 3.18. The standard InChI is InChI=1S/C22H27N3O3/c1-3-25(4-2)14-16(26)15-28-21-11-6-5-8-18(21)22(27)24-20-10-7-9-19-17(20)12-13-23-19/h5-13,16,23,26H,3-4,14-15H2,1-2H3,(H,24,27). The van der Waals surface area contributed by atoms with Gasteiger partial charge in [-0.1, -0.05) is 32.0 Å². The molecule has 6 heteroatoms. The summed E-state index contributed by atoms with van der Waals surface area (Å²) in [5.41, 5.74) is 2.13. The Hall–Kier alpha value is -2.83. The number of benzene rings is 2. The van der Waals surface area contributed by atoms with Crippen LogP contribution in [0.4, 0.5) is 5.69 Å². The van der Waals surface area contributed by atoms with Crippen LogP contribution in [0.25, 0.3) is 10.9 Å². The third-order valence-corrected chi connectivity index (χ3v) is 4.77. The van der Waals surface area contributed by atoms with Crippen LogP contribution in [0.5, 0.6) is 5.75 Å². The minimum Gasteiger partial charge on any atom is -0.490 e. The molecule has 148 valence electrons. The zero-order valence-electron chi connectivity index (χ0n) is 16.3. The van der Waals surface area contributed by atoms with Crippen LogP contribution >= 0.6 is 0 Å². The van der Waals surface area contributed by atoms with Gasteiger partial charge in [-0.2, -0.15) is 0 Å². The number of aromatic amines is 1. The summed E-state index contributed by atoms with van der Waals surface area (Å²) >= 11 is 0. The molecule has 1 unspecified atom stereocenters. The van der Waals surface area contributed by atoms with Gasteiger partial charge in [-0.3, -0.25) is 4.79 Å². The fourth-order valence-electron chi connectivity index (χ4n) is 3.18. The van der Waals surface area contributed by atoms with E-state index in [1.165, 1.54) is 0 Å². The van der Waals surface area contributed by atoms with Gasteiger partial charge in [0.1, 0.15) is 18.5 Å². The topological polar surface area (TPSA) is 77.6 Å². The first kappa shape index (κ1) is 19.9. The minimum absolute atomic E-state index is 0.133. The van der Waals surface area contributed by atoms with Gasteiger partial charge in [-0.05, 0) is 43.4 Å². The number of H-pyrrole nitrogens is 1. The molecule has 0 aliphatic heterocycles. The van der Waals surface area contributed by atoms with E-state index in [1.54, 1.807) is 18.2 Å². The molecule has 0 spiro atoms. The van der Waals surface area contributed by atoms with Crippen LogP contribution in [0, 0.1) is 0 Å². The van der Waals surface area contributed by atoms with Crippen molar-refractivity contribution in [2.24, 2.45) is 0 Å². The molecule has 3 aromatic rings. The average Bonchev–Trinajstić information content (AvgIpc) is 3.20. The average molecular weight is 381 g/mol. The van der Waals surface area contributed by atoms with E-state index in [4.69, 9.17) is 4.74 Å². The summed E-state index contributed by atoms with van der Waals surface area (Å²) in [6.45, 7) is 6.53. The minimum atomic E-state index is -0.621. The van der Waals surface area contributed by atoms with Gasteiger partial charge in [0.05, 0.1) is 11.3 Å². The molecule has 28 heavy (non-hydrogen) atoms. The maximum atomic E-state index is 12.8. The first-order valence-corrected chi connectivity index (χ1v) is 9.62. The summed E-state index contributed by atoms with van der Waals surface area (Å²) in [7, 11) is 0. The molecule has 1 aromatic heterocycles. The maximum absolute atomic E-state index is 12.8. The highest BCUT2D eigenvalue weighted by molar-refractivity contribution is 6.10. The molecule has 0 bridgehead atoms. The molecule has 0 radical (unpaired) electrons. The first-order valence-electron chi connectivity index (χ1n) is 9.62. The Morgan fingerprint density at radius 3 is 2.71 bits per heavy atom. The quantitative estimate of drug-likeness (QED) is 0.530. The number of ether oxygens (including phenoxy) is 1. The SMILES string of the molecule is CCN(CC)CC(O)COc1ccccc1C(=O)Nc1cccc2[nH]ccc12. The van der Waals surface area contributed by atoms with E-state index in [2.05, 4.69) is 29.0 Å². The Morgan fingerprint density at radius 1 is 1.14 bits per heavy atom. The molecule has 1 heterocycles. The summed E-state index contributed by atoms with van der Waals surface area (Å²) in [6, 6.07) is 14.7. The summed E-state index contributed by atoms with van der Waals surface area (Å²) < 4.78 is 5.78. The molecular weight excluding hydrogens is 354 g/mol. The Kier molecular flexibility index (Phi) is 6.68. The zero-order chi connectivity index (χ0) is 19.9. The number of rotatable bonds is 9. The van der Waals surface area contributed by atoms with Gasteiger partial charge >= 0.3 is 0 Å². The molecule has 3 N–H and O–H groups in total. The summed E-state index contributed by atoms with van der Waals surface area (Å²) in [5, 5.41) is 14.1. The number of fused-ring (bicyclic) bond motifs is 1. The van der Waals surface area contributed by atoms with Crippen molar-refractivity contribution in [3.05, 3.63) is 60.3 Å². The predicted octanol–water partition coefficient (Wildman–Crippen LogP) is 3.50. The number of aliphatic hydroxyl groups is 1. The molecule has 1 atom stereocenters. The summed E-state index contributed by atoms with van der Waals surface area (Å²) in [5.74, 6) is 0.211. The number of nitrogens with zero attached hydrogens (tertiary/aromatic N) is 1. The van der Waals surface area contributed by atoms with Gasteiger partial charge in [0.25, 0.3) is 5.91 Å². The van der Waals surface area contributed by atoms with Crippen molar-refractivity contribution in [3.63, 3.8) is 0 Å². The molecular formula is C22H27N3O3. The Balaban J connectivity index is 1.69. The van der Waals surface area contributed by atoms with Crippen LogP contribution in [-0.4, -0.2) is 53.2 Å². The van der Waals surface area contributed by atoms with Crippen LogP contribution in [-0.2, 0) is 0 Å². The second-order valence-electron chi connectivity index (χ2n) is 6.65. The van der Waals surface area contributed by atoms with Gasteiger partial charge in [0.15, 0.2) is 0 Å². The van der Waals surface area contributed by atoms with Crippen LogP contribution in [0.3, 0.4) is 0 Å². The molecule has 0 aliphatic carbocycles. The molecule has 2 aromatic carbocycles. The molecule has 0 aliphatic rings. The van der Waals surface area contributed by atoms with Crippen LogP contribution in [0.1, 0.15) is 24.2 Å². The number of nitrogens with one attached hydrogen (secondary N) is 2. The van der Waals surface area contributed by atoms with E-state index in [9.17, 15) is 9.90 Å². The van der Waals surface area contributed by atoms with Crippen molar-refractivity contribution in [1.82, 2.24) is 9.88 Å². The van der Waals surface area contributed by atoms with Gasteiger partial charge in [0.2, 0.25) is 0 Å². The normalized spacial score (nSPS) is 12.3. The number of aromatic nitrogens is 1. The number of carbonyl (C=O) groups excluding carboxylic acids is 1. The van der Waals surface area contributed by atoms with Crippen LogP contribution in [0.2, 0.25) is 0 Å². The van der Waals surface area contributed by atoms with Crippen molar-refractivity contribution < 1.29 is 14.6 Å². The molecule has 1 amide bonds. The monoisotopic (exact) mass is 381 g/mol. The van der Waals surface area contributed by atoms with E-state index in [0.29, 0.717) is 17.9 Å². The number of aliphatic hydroxyl groups excluding tert-OH is 1. The third kappa shape index (κ3) is 4.71. The lowest BCUT2D eigenvalue weighted by molar-refractivity contribution is 0.0708. The Labute approximate surface area is 165 Å². The van der Waals surface area contributed by atoms with E-state index >= 15 is 0 Å². The molecule has 3 rings (SSSR count). The van der Waals surface area contributed by atoms with Crippen LogP contribution < -0.4 is 10.1 Å². The van der Waals surface area contributed by atoms with Gasteiger partial charge in [-0.25, -0.2) is 0 Å². The molecule has 6 nitrogen and oxygen atoms in total.